The molecule has 0 saturated carbocycles. The molecule has 2 N–H and O–H groups in total. The number of nitrogens with one attached hydrogen (secondary N) is 2. The molecule has 6 nitrogen and oxygen atoms in total. The highest BCUT2D eigenvalue weighted by Crippen LogP contribution is 2.14. The van der Waals surface area contributed by atoms with Crippen molar-refractivity contribution < 1.29 is 13.2 Å². The molecule has 0 amide bonds. The van der Waals surface area contributed by atoms with E-state index in [0.29, 0.717) is 5.82 Å². The Morgan fingerprint density at radius 3 is 2.89 bits per heavy atom. The standard InChI is InChI=1S/C11H17N3O3S/c1-18(15,16)14-11-5-4-9(7-13-11)12-8-10-3-2-6-17-10/h4-5,7,10,12H,2-3,6,8H2,1H3,(H,13,14). The van der Waals surface area contributed by atoms with E-state index >= 15 is 0 Å². The van der Waals surface area contributed by atoms with Crippen molar-refractivity contribution >= 4 is 21.5 Å². The minimum absolute atomic E-state index is 0.263. The van der Waals surface area contributed by atoms with Crippen molar-refractivity contribution in [3.05, 3.63) is 18.3 Å². The van der Waals surface area contributed by atoms with Gasteiger partial charge in [-0.25, -0.2) is 13.4 Å². The number of hydrogen-bond acceptors (Lipinski definition) is 5. The molecule has 1 aromatic heterocycles. The molecule has 1 atom stereocenters. The van der Waals surface area contributed by atoms with Crippen LogP contribution in [0, 0.1) is 0 Å². The molecule has 1 aromatic rings. The van der Waals surface area contributed by atoms with Crippen LogP contribution >= 0.6 is 0 Å². The van der Waals surface area contributed by atoms with E-state index in [4.69, 9.17) is 4.74 Å². The molecule has 100 valence electrons. The van der Waals surface area contributed by atoms with Gasteiger partial charge in [0, 0.05) is 13.2 Å². The van der Waals surface area contributed by atoms with Crippen LogP contribution in [0.15, 0.2) is 18.3 Å². The van der Waals surface area contributed by atoms with E-state index in [1.807, 2.05) is 0 Å². The van der Waals surface area contributed by atoms with Crippen molar-refractivity contribution in [3.63, 3.8) is 0 Å². The molecular weight excluding hydrogens is 254 g/mol. The first kappa shape index (κ1) is 13.1. The van der Waals surface area contributed by atoms with Gasteiger partial charge in [-0.1, -0.05) is 0 Å². The fourth-order valence-electron chi connectivity index (χ4n) is 1.79. The van der Waals surface area contributed by atoms with Gasteiger partial charge in [-0.05, 0) is 25.0 Å². The molecule has 2 heterocycles. The maximum Gasteiger partial charge on any atom is 0.230 e. The summed E-state index contributed by atoms with van der Waals surface area (Å²) in [6.07, 6.45) is 5.15. The van der Waals surface area contributed by atoms with Crippen molar-refractivity contribution in [2.45, 2.75) is 18.9 Å². The third kappa shape index (κ3) is 4.15. The number of sulfonamides is 1. The molecule has 0 bridgehead atoms. The topological polar surface area (TPSA) is 80.3 Å². The Kier molecular flexibility index (Phi) is 4.03. The van der Waals surface area contributed by atoms with Gasteiger partial charge < -0.3 is 10.1 Å². The Balaban J connectivity index is 1.87. The molecule has 0 radical (unpaired) electrons. The number of pyridine rings is 1. The molecule has 0 aliphatic carbocycles. The lowest BCUT2D eigenvalue weighted by Crippen LogP contribution is -2.18. The van der Waals surface area contributed by atoms with E-state index < -0.39 is 10.0 Å². The largest absolute Gasteiger partial charge is 0.381 e. The Bertz CT molecular complexity index is 481. The number of anilines is 2. The zero-order chi connectivity index (χ0) is 13.0. The van der Waals surface area contributed by atoms with E-state index in [0.717, 1.165) is 37.9 Å². The van der Waals surface area contributed by atoms with Gasteiger partial charge in [0.15, 0.2) is 0 Å². The van der Waals surface area contributed by atoms with Gasteiger partial charge in [-0.15, -0.1) is 0 Å². The summed E-state index contributed by atoms with van der Waals surface area (Å²) < 4.78 is 29.8. The smallest absolute Gasteiger partial charge is 0.230 e. The summed E-state index contributed by atoms with van der Waals surface area (Å²) in [6, 6.07) is 3.41. The first-order chi connectivity index (χ1) is 8.53. The average Bonchev–Trinajstić information content (AvgIpc) is 2.79. The van der Waals surface area contributed by atoms with Crippen molar-refractivity contribution in [2.75, 3.05) is 29.4 Å². The summed E-state index contributed by atoms with van der Waals surface area (Å²) in [4.78, 5) is 4.02. The summed E-state index contributed by atoms with van der Waals surface area (Å²) in [5, 5.41) is 3.21. The van der Waals surface area contributed by atoms with Gasteiger partial charge >= 0.3 is 0 Å². The number of nitrogens with zero attached hydrogens (tertiary/aromatic N) is 1. The number of rotatable bonds is 5. The highest BCUT2D eigenvalue weighted by molar-refractivity contribution is 7.92. The molecule has 0 aromatic carbocycles. The number of ether oxygens (including phenoxy) is 1. The third-order valence-corrected chi connectivity index (χ3v) is 3.19. The number of hydrogen-bond donors (Lipinski definition) is 2. The summed E-state index contributed by atoms with van der Waals surface area (Å²) in [6.45, 7) is 1.59. The van der Waals surface area contributed by atoms with E-state index in [9.17, 15) is 8.42 Å². The summed E-state index contributed by atoms with van der Waals surface area (Å²) in [5.41, 5.74) is 0.851. The molecule has 1 fully saturated rings. The summed E-state index contributed by atoms with van der Waals surface area (Å²) in [5.74, 6) is 0.320. The average molecular weight is 271 g/mol. The molecule has 2 rings (SSSR count). The van der Waals surface area contributed by atoms with Crippen LogP contribution in [0.3, 0.4) is 0 Å². The fourth-order valence-corrected chi connectivity index (χ4v) is 2.29. The van der Waals surface area contributed by atoms with E-state index in [-0.39, 0.29) is 6.10 Å². The molecular formula is C11H17N3O3S. The highest BCUT2D eigenvalue weighted by atomic mass is 32.2. The predicted molar refractivity (Wildman–Crippen MR) is 70.2 cm³/mol. The SMILES string of the molecule is CS(=O)(=O)Nc1ccc(NCC2CCCO2)cn1. The maximum atomic E-state index is 11.0. The minimum Gasteiger partial charge on any atom is -0.381 e. The molecule has 0 spiro atoms. The van der Waals surface area contributed by atoms with E-state index in [2.05, 4.69) is 15.0 Å². The molecule has 1 aliphatic rings. The van der Waals surface area contributed by atoms with Crippen molar-refractivity contribution in [2.24, 2.45) is 0 Å². The van der Waals surface area contributed by atoms with Gasteiger partial charge in [0.2, 0.25) is 10.0 Å². The molecule has 18 heavy (non-hydrogen) atoms. The minimum atomic E-state index is -3.27. The lowest BCUT2D eigenvalue weighted by molar-refractivity contribution is 0.120. The fraction of sp³-hybridized carbons (Fsp3) is 0.545. The monoisotopic (exact) mass is 271 g/mol. The van der Waals surface area contributed by atoms with Gasteiger partial charge in [0.25, 0.3) is 0 Å². The molecule has 1 unspecified atom stereocenters. The first-order valence-electron chi connectivity index (χ1n) is 5.82. The summed E-state index contributed by atoms with van der Waals surface area (Å²) >= 11 is 0. The van der Waals surface area contributed by atoms with Gasteiger partial charge in [0.1, 0.15) is 5.82 Å². The van der Waals surface area contributed by atoms with Crippen molar-refractivity contribution in [1.29, 1.82) is 0 Å². The maximum absolute atomic E-state index is 11.0. The molecule has 7 heteroatoms. The lowest BCUT2D eigenvalue weighted by Gasteiger charge is -2.11. The van der Waals surface area contributed by atoms with Crippen LogP contribution < -0.4 is 10.0 Å². The quantitative estimate of drug-likeness (QED) is 0.836. The normalized spacial score (nSPS) is 19.7. The lowest BCUT2D eigenvalue weighted by atomic mass is 10.2. The Morgan fingerprint density at radius 1 is 1.50 bits per heavy atom. The predicted octanol–water partition coefficient (Wildman–Crippen LogP) is 1.04. The Labute approximate surface area is 107 Å². The van der Waals surface area contributed by atoms with Crippen LogP contribution in [0.5, 0.6) is 0 Å². The summed E-state index contributed by atoms with van der Waals surface area (Å²) in [7, 11) is -3.27. The highest BCUT2D eigenvalue weighted by Gasteiger charge is 2.14. The van der Waals surface area contributed by atoms with Gasteiger partial charge in [0.05, 0.1) is 24.2 Å². The first-order valence-corrected chi connectivity index (χ1v) is 7.71. The van der Waals surface area contributed by atoms with Crippen LogP contribution in [-0.4, -0.2) is 38.9 Å². The third-order valence-electron chi connectivity index (χ3n) is 2.61. The van der Waals surface area contributed by atoms with Gasteiger partial charge in [-0.3, -0.25) is 4.72 Å². The van der Waals surface area contributed by atoms with E-state index in [1.54, 1.807) is 18.3 Å². The Hall–Kier alpha value is -1.34. The van der Waals surface area contributed by atoms with E-state index in [1.165, 1.54) is 0 Å². The second-order valence-corrected chi connectivity index (χ2v) is 6.07. The van der Waals surface area contributed by atoms with Crippen LogP contribution in [-0.2, 0) is 14.8 Å². The van der Waals surface area contributed by atoms with Crippen LogP contribution in [0.2, 0.25) is 0 Å². The zero-order valence-electron chi connectivity index (χ0n) is 10.2. The van der Waals surface area contributed by atoms with Crippen LogP contribution in [0.1, 0.15) is 12.8 Å². The zero-order valence-corrected chi connectivity index (χ0v) is 11.0. The van der Waals surface area contributed by atoms with Crippen molar-refractivity contribution in [3.8, 4) is 0 Å². The molecule has 1 aliphatic heterocycles. The van der Waals surface area contributed by atoms with Crippen molar-refractivity contribution in [1.82, 2.24) is 4.98 Å². The van der Waals surface area contributed by atoms with Crippen LogP contribution in [0.4, 0.5) is 11.5 Å². The second kappa shape index (κ2) is 5.53. The Morgan fingerprint density at radius 2 is 2.33 bits per heavy atom. The van der Waals surface area contributed by atoms with Crippen LogP contribution in [0.25, 0.3) is 0 Å². The second-order valence-electron chi connectivity index (χ2n) is 4.32. The van der Waals surface area contributed by atoms with Gasteiger partial charge in [-0.2, -0.15) is 0 Å². The number of aromatic nitrogens is 1. The molecule has 1 saturated heterocycles.